The molecule has 1 N–H and O–H groups in total. The maximum atomic E-state index is 5.57. The smallest absolute Gasteiger partial charge is 0.161 e. The maximum absolute atomic E-state index is 5.57. The molecule has 0 unspecified atom stereocenters. The second-order valence-electron chi connectivity index (χ2n) is 4.46. The Bertz CT molecular complexity index is 375. The molecular formula is C14H21NO3. The minimum absolute atomic E-state index is 0.380. The van der Waals surface area contributed by atoms with E-state index in [2.05, 4.69) is 5.32 Å². The Labute approximate surface area is 108 Å². The standard InChI is InChI=1S/C14H21NO3/c1-16-13-6-5-11(8-14(13)17-2)9-15-10-12-4-3-7-18-12/h5-6,8,12,15H,3-4,7,9-10H2,1-2H3/t12-/m0/s1. The first-order valence-electron chi connectivity index (χ1n) is 6.36. The summed E-state index contributed by atoms with van der Waals surface area (Å²) in [6.45, 7) is 2.64. The number of rotatable bonds is 6. The Morgan fingerprint density at radius 3 is 2.78 bits per heavy atom. The second kappa shape index (κ2) is 6.61. The van der Waals surface area contributed by atoms with Gasteiger partial charge < -0.3 is 19.5 Å². The van der Waals surface area contributed by atoms with Gasteiger partial charge in [0, 0.05) is 19.7 Å². The van der Waals surface area contributed by atoms with Crippen LogP contribution in [0.4, 0.5) is 0 Å². The summed E-state index contributed by atoms with van der Waals surface area (Å²) in [7, 11) is 3.30. The van der Waals surface area contributed by atoms with E-state index in [0.717, 1.165) is 31.2 Å². The fourth-order valence-electron chi connectivity index (χ4n) is 2.17. The third-order valence-electron chi connectivity index (χ3n) is 3.17. The van der Waals surface area contributed by atoms with Gasteiger partial charge in [-0.15, -0.1) is 0 Å². The summed E-state index contributed by atoms with van der Waals surface area (Å²) in [6, 6.07) is 5.98. The summed E-state index contributed by atoms with van der Waals surface area (Å²) >= 11 is 0. The monoisotopic (exact) mass is 251 g/mol. The van der Waals surface area contributed by atoms with E-state index < -0.39 is 0 Å². The van der Waals surface area contributed by atoms with Crippen LogP contribution in [0.15, 0.2) is 18.2 Å². The van der Waals surface area contributed by atoms with Gasteiger partial charge in [0.05, 0.1) is 20.3 Å². The summed E-state index contributed by atoms with van der Waals surface area (Å²) in [6.07, 6.45) is 2.73. The van der Waals surface area contributed by atoms with E-state index >= 15 is 0 Å². The summed E-state index contributed by atoms with van der Waals surface area (Å²) in [5.41, 5.74) is 1.19. The zero-order valence-electron chi connectivity index (χ0n) is 11.1. The van der Waals surface area contributed by atoms with E-state index in [-0.39, 0.29) is 0 Å². The fraction of sp³-hybridized carbons (Fsp3) is 0.571. The molecule has 4 nitrogen and oxygen atoms in total. The quantitative estimate of drug-likeness (QED) is 0.839. The molecule has 0 aromatic heterocycles. The first kappa shape index (κ1) is 13.2. The van der Waals surface area contributed by atoms with E-state index in [1.807, 2.05) is 18.2 Å². The Kier molecular flexibility index (Phi) is 4.84. The minimum atomic E-state index is 0.380. The molecule has 4 heteroatoms. The molecule has 0 radical (unpaired) electrons. The van der Waals surface area contributed by atoms with E-state index in [9.17, 15) is 0 Å². The summed E-state index contributed by atoms with van der Waals surface area (Å²) < 4.78 is 16.1. The van der Waals surface area contributed by atoms with Crippen molar-refractivity contribution in [1.29, 1.82) is 0 Å². The zero-order chi connectivity index (χ0) is 12.8. The summed E-state index contributed by atoms with van der Waals surface area (Å²) in [5, 5.41) is 3.41. The van der Waals surface area contributed by atoms with Crippen LogP contribution in [-0.4, -0.2) is 33.5 Å². The maximum Gasteiger partial charge on any atom is 0.161 e. The Balaban J connectivity index is 1.84. The lowest BCUT2D eigenvalue weighted by Crippen LogP contribution is -2.25. The minimum Gasteiger partial charge on any atom is -0.493 e. The molecule has 2 rings (SSSR count). The molecule has 0 bridgehead atoms. The average Bonchev–Trinajstić information content (AvgIpc) is 2.91. The highest BCUT2D eigenvalue weighted by molar-refractivity contribution is 5.42. The van der Waals surface area contributed by atoms with Crippen LogP contribution in [0.5, 0.6) is 11.5 Å². The van der Waals surface area contributed by atoms with Crippen LogP contribution in [0, 0.1) is 0 Å². The largest absolute Gasteiger partial charge is 0.493 e. The van der Waals surface area contributed by atoms with Crippen molar-refractivity contribution in [2.24, 2.45) is 0 Å². The number of benzene rings is 1. The fourth-order valence-corrected chi connectivity index (χ4v) is 2.17. The molecule has 1 fully saturated rings. The van der Waals surface area contributed by atoms with Gasteiger partial charge >= 0.3 is 0 Å². The molecule has 1 atom stereocenters. The number of ether oxygens (including phenoxy) is 3. The van der Waals surface area contributed by atoms with Crippen molar-refractivity contribution in [2.45, 2.75) is 25.5 Å². The molecule has 18 heavy (non-hydrogen) atoms. The number of nitrogens with one attached hydrogen (secondary N) is 1. The molecular weight excluding hydrogens is 230 g/mol. The van der Waals surface area contributed by atoms with Crippen LogP contribution in [-0.2, 0) is 11.3 Å². The normalized spacial score (nSPS) is 18.9. The lowest BCUT2D eigenvalue weighted by molar-refractivity contribution is 0.110. The first-order chi connectivity index (χ1) is 8.83. The summed E-state index contributed by atoms with van der Waals surface area (Å²) in [4.78, 5) is 0. The molecule has 100 valence electrons. The van der Waals surface area contributed by atoms with Crippen LogP contribution in [0.25, 0.3) is 0 Å². The third kappa shape index (κ3) is 3.37. The van der Waals surface area contributed by atoms with Crippen molar-refractivity contribution in [2.75, 3.05) is 27.4 Å². The van der Waals surface area contributed by atoms with E-state index in [4.69, 9.17) is 14.2 Å². The van der Waals surface area contributed by atoms with Gasteiger partial charge in [-0.3, -0.25) is 0 Å². The summed E-state index contributed by atoms with van der Waals surface area (Å²) in [5.74, 6) is 1.54. The van der Waals surface area contributed by atoms with Crippen molar-refractivity contribution < 1.29 is 14.2 Å². The molecule has 1 heterocycles. The Morgan fingerprint density at radius 1 is 1.28 bits per heavy atom. The second-order valence-corrected chi connectivity index (χ2v) is 4.46. The van der Waals surface area contributed by atoms with Gasteiger partial charge in [-0.2, -0.15) is 0 Å². The van der Waals surface area contributed by atoms with Crippen LogP contribution in [0.2, 0.25) is 0 Å². The number of methoxy groups -OCH3 is 2. The van der Waals surface area contributed by atoms with Gasteiger partial charge in [0.25, 0.3) is 0 Å². The Hall–Kier alpha value is -1.26. The van der Waals surface area contributed by atoms with Crippen molar-refractivity contribution in [3.63, 3.8) is 0 Å². The van der Waals surface area contributed by atoms with E-state index in [0.29, 0.717) is 6.10 Å². The molecule has 1 aromatic carbocycles. The van der Waals surface area contributed by atoms with Crippen LogP contribution in [0.1, 0.15) is 18.4 Å². The molecule has 1 aliphatic heterocycles. The van der Waals surface area contributed by atoms with Gasteiger partial charge in [0.1, 0.15) is 0 Å². The highest BCUT2D eigenvalue weighted by Gasteiger charge is 2.14. The lowest BCUT2D eigenvalue weighted by atomic mass is 10.2. The molecule has 1 aliphatic rings. The van der Waals surface area contributed by atoms with Gasteiger partial charge in [-0.05, 0) is 30.5 Å². The predicted octanol–water partition coefficient (Wildman–Crippen LogP) is 1.97. The zero-order valence-corrected chi connectivity index (χ0v) is 11.1. The molecule has 0 aliphatic carbocycles. The topological polar surface area (TPSA) is 39.7 Å². The van der Waals surface area contributed by atoms with Crippen molar-refractivity contribution in [3.8, 4) is 11.5 Å². The Morgan fingerprint density at radius 2 is 2.11 bits per heavy atom. The molecule has 0 amide bonds. The van der Waals surface area contributed by atoms with E-state index in [1.165, 1.54) is 18.4 Å². The molecule has 1 saturated heterocycles. The molecule has 0 saturated carbocycles. The molecule has 1 aromatic rings. The van der Waals surface area contributed by atoms with Crippen molar-refractivity contribution in [1.82, 2.24) is 5.32 Å². The first-order valence-corrected chi connectivity index (χ1v) is 6.36. The predicted molar refractivity (Wildman–Crippen MR) is 70.2 cm³/mol. The lowest BCUT2D eigenvalue weighted by Gasteiger charge is -2.12. The van der Waals surface area contributed by atoms with Crippen molar-refractivity contribution >= 4 is 0 Å². The van der Waals surface area contributed by atoms with Gasteiger partial charge in [0.2, 0.25) is 0 Å². The average molecular weight is 251 g/mol. The highest BCUT2D eigenvalue weighted by Crippen LogP contribution is 2.27. The SMILES string of the molecule is COc1ccc(CNC[C@@H]2CCCO2)cc1OC. The van der Waals surface area contributed by atoms with Gasteiger partial charge in [0.15, 0.2) is 11.5 Å². The van der Waals surface area contributed by atoms with Crippen LogP contribution in [0.3, 0.4) is 0 Å². The van der Waals surface area contributed by atoms with E-state index in [1.54, 1.807) is 14.2 Å². The highest BCUT2D eigenvalue weighted by atomic mass is 16.5. The number of hydrogen-bond acceptors (Lipinski definition) is 4. The van der Waals surface area contributed by atoms with Crippen molar-refractivity contribution in [3.05, 3.63) is 23.8 Å². The third-order valence-corrected chi connectivity index (χ3v) is 3.17. The van der Waals surface area contributed by atoms with Crippen LogP contribution >= 0.6 is 0 Å². The van der Waals surface area contributed by atoms with Crippen LogP contribution < -0.4 is 14.8 Å². The van der Waals surface area contributed by atoms with Gasteiger partial charge in [-0.1, -0.05) is 6.07 Å². The molecule has 0 spiro atoms. The number of hydrogen-bond donors (Lipinski definition) is 1. The van der Waals surface area contributed by atoms with Gasteiger partial charge in [-0.25, -0.2) is 0 Å².